The van der Waals surface area contributed by atoms with Crippen LogP contribution < -0.4 is 0 Å². The Kier molecular flexibility index (Phi) is 5.06. The van der Waals surface area contributed by atoms with Crippen molar-refractivity contribution in [3.63, 3.8) is 0 Å². The van der Waals surface area contributed by atoms with Gasteiger partial charge >= 0.3 is 0 Å². The second kappa shape index (κ2) is 7.44. The predicted molar refractivity (Wildman–Crippen MR) is 95.1 cm³/mol. The maximum atomic E-state index is 12.7. The van der Waals surface area contributed by atoms with E-state index in [1.807, 2.05) is 4.90 Å². The molecule has 5 nitrogen and oxygen atoms in total. The van der Waals surface area contributed by atoms with E-state index >= 15 is 0 Å². The van der Waals surface area contributed by atoms with Gasteiger partial charge in [0, 0.05) is 31.6 Å². The van der Waals surface area contributed by atoms with E-state index in [0.29, 0.717) is 26.3 Å². The van der Waals surface area contributed by atoms with Gasteiger partial charge in [0.1, 0.15) is 6.10 Å². The summed E-state index contributed by atoms with van der Waals surface area (Å²) in [5.41, 5.74) is 1.51. The minimum absolute atomic E-state index is 0.152. The fourth-order valence-corrected chi connectivity index (χ4v) is 4.51. The fraction of sp³-hybridized carbons (Fsp3) is 0.650. The van der Waals surface area contributed by atoms with Gasteiger partial charge in [-0.1, -0.05) is 30.3 Å². The average molecular weight is 344 g/mol. The minimum atomic E-state index is -0.255. The monoisotopic (exact) mass is 344 g/mol. The molecule has 0 saturated carbocycles. The van der Waals surface area contributed by atoms with Gasteiger partial charge < -0.3 is 14.4 Å². The molecule has 3 aliphatic rings. The van der Waals surface area contributed by atoms with Crippen molar-refractivity contribution in [2.45, 2.75) is 31.9 Å². The van der Waals surface area contributed by atoms with Gasteiger partial charge in [-0.15, -0.1) is 0 Å². The van der Waals surface area contributed by atoms with E-state index in [0.717, 1.165) is 32.7 Å². The zero-order chi connectivity index (χ0) is 17.1. The maximum absolute atomic E-state index is 12.7. The summed E-state index contributed by atoms with van der Waals surface area (Å²) in [4.78, 5) is 17.2. The third kappa shape index (κ3) is 3.89. The van der Waals surface area contributed by atoms with Gasteiger partial charge in [0.05, 0.1) is 19.8 Å². The summed E-state index contributed by atoms with van der Waals surface area (Å²) in [6, 6.07) is 10.7. The Labute approximate surface area is 149 Å². The van der Waals surface area contributed by atoms with Crippen molar-refractivity contribution in [2.75, 3.05) is 46.0 Å². The van der Waals surface area contributed by atoms with Gasteiger partial charge in [-0.2, -0.15) is 0 Å². The van der Waals surface area contributed by atoms with Crippen molar-refractivity contribution in [2.24, 2.45) is 5.41 Å². The van der Waals surface area contributed by atoms with Crippen LogP contribution in [-0.2, 0) is 20.8 Å². The number of morpholine rings is 1. The largest absolute Gasteiger partial charge is 0.378 e. The molecule has 0 aromatic heterocycles. The first kappa shape index (κ1) is 17.0. The molecule has 0 unspecified atom stereocenters. The summed E-state index contributed by atoms with van der Waals surface area (Å²) in [6.07, 6.45) is 2.98. The van der Waals surface area contributed by atoms with Crippen molar-refractivity contribution in [3.8, 4) is 0 Å². The number of carbonyl (C=O) groups excluding carboxylic acids is 1. The van der Waals surface area contributed by atoms with Crippen molar-refractivity contribution < 1.29 is 14.3 Å². The number of likely N-dealkylation sites (tertiary alicyclic amines) is 1. The lowest BCUT2D eigenvalue weighted by Crippen LogP contribution is -2.46. The number of carbonyl (C=O) groups is 1. The predicted octanol–water partition coefficient (Wildman–Crippen LogP) is 1.92. The summed E-state index contributed by atoms with van der Waals surface area (Å²) in [7, 11) is 0. The third-order valence-corrected chi connectivity index (χ3v) is 5.80. The molecule has 1 amide bonds. The number of hydrogen-bond donors (Lipinski definition) is 0. The molecule has 25 heavy (non-hydrogen) atoms. The lowest BCUT2D eigenvalue weighted by Gasteiger charge is -2.39. The smallest absolute Gasteiger partial charge is 0.251 e. The van der Waals surface area contributed by atoms with Crippen LogP contribution in [0.25, 0.3) is 0 Å². The number of piperidine rings is 1. The van der Waals surface area contributed by atoms with Gasteiger partial charge in [0.2, 0.25) is 0 Å². The fourth-order valence-electron chi connectivity index (χ4n) is 4.51. The van der Waals surface area contributed by atoms with E-state index in [-0.39, 0.29) is 17.4 Å². The van der Waals surface area contributed by atoms with E-state index in [9.17, 15) is 4.79 Å². The number of hydrogen-bond acceptors (Lipinski definition) is 4. The molecular weight excluding hydrogens is 316 g/mol. The second-order valence-corrected chi connectivity index (χ2v) is 7.74. The van der Waals surface area contributed by atoms with Crippen LogP contribution in [0.2, 0.25) is 0 Å². The summed E-state index contributed by atoms with van der Waals surface area (Å²) in [5.74, 6) is 0.167. The van der Waals surface area contributed by atoms with Crippen molar-refractivity contribution in [1.82, 2.24) is 9.80 Å². The molecule has 1 aromatic carbocycles. The Morgan fingerprint density at radius 1 is 1.16 bits per heavy atom. The molecule has 1 spiro atoms. The van der Waals surface area contributed by atoms with Gasteiger partial charge in [0.25, 0.3) is 5.91 Å². The molecule has 3 fully saturated rings. The van der Waals surface area contributed by atoms with Crippen LogP contribution in [-0.4, -0.2) is 67.8 Å². The van der Waals surface area contributed by atoms with Crippen LogP contribution in [0.4, 0.5) is 0 Å². The Morgan fingerprint density at radius 2 is 1.96 bits per heavy atom. The Morgan fingerprint density at radius 3 is 2.76 bits per heavy atom. The van der Waals surface area contributed by atoms with Gasteiger partial charge in [0.15, 0.2) is 0 Å². The van der Waals surface area contributed by atoms with Crippen molar-refractivity contribution >= 4 is 5.91 Å². The first-order valence-corrected chi connectivity index (χ1v) is 9.49. The molecule has 4 rings (SSSR count). The summed E-state index contributed by atoms with van der Waals surface area (Å²) in [6.45, 7) is 6.58. The lowest BCUT2D eigenvalue weighted by atomic mass is 9.78. The van der Waals surface area contributed by atoms with Crippen LogP contribution in [0.1, 0.15) is 24.8 Å². The molecule has 3 saturated heterocycles. The van der Waals surface area contributed by atoms with Crippen LogP contribution in [0.5, 0.6) is 0 Å². The van der Waals surface area contributed by atoms with E-state index in [1.54, 1.807) is 0 Å². The highest BCUT2D eigenvalue weighted by molar-refractivity contribution is 5.81. The first-order valence-electron chi connectivity index (χ1n) is 9.49. The molecule has 0 aliphatic carbocycles. The van der Waals surface area contributed by atoms with Crippen molar-refractivity contribution in [3.05, 3.63) is 35.9 Å². The molecule has 136 valence electrons. The first-order chi connectivity index (χ1) is 12.2. The molecular formula is C20H28N2O3. The Balaban J connectivity index is 1.36. The number of nitrogens with zero attached hydrogens (tertiary/aromatic N) is 2. The number of rotatable bonds is 3. The highest BCUT2D eigenvalue weighted by Gasteiger charge is 2.46. The van der Waals surface area contributed by atoms with E-state index < -0.39 is 0 Å². The minimum Gasteiger partial charge on any atom is -0.378 e. The van der Waals surface area contributed by atoms with E-state index in [4.69, 9.17) is 9.47 Å². The standard InChI is InChI=1S/C20H28N2O3/c23-19(22-9-11-24-12-10-22)18-13-20(16-25-18)7-4-8-21(15-20)14-17-5-2-1-3-6-17/h1-3,5-6,18H,4,7-16H2/t18-,20+/m0/s1. The third-order valence-electron chi connectivity index (χ3n) is 5.80. The molecule has 3 heterocycles. The average Bonchev–Trinajstić information content (AvgIpc) is 3.06. The molecule has 1 aromatic rings. The van der Waals surface area contributed by atoms with Gasteiger partial charge in [-0.3, -0.25) is 9.69 Å². The highest BCUT2D eigenvalue weighted by atomic mass is 16.5. The Hall–Kier alpha value is -1.43. The molecule has 0 bridgehead atoms. The molecule has 0 radical (unpaired) electrons. The molecule has 0 N–H and O–H groups in total. The normalized spacial score (nSPS) is 30.7. The number of benzene rings is 1. The topological polar surface area (TPSA) is 42.0 Å². The van der Waals surface area contributed by atoms with Crippen LogP contribution in [0, 0.1) is 5.41 Å². The summed E-state index contributed by atoms with van der Waals surface area (Å²) in [5, 5.41) is 0. The molecule has 3 aliphatic heterocycles. The zero-order valence-corrected chi connectivity index (χ0v) is 14.9. The van der Waals surface area contributed by atoms with Gasteiger partial charge in [-0.05, 0) is 31.4 Å². The van der Waals surface area contributed by atoms with Crippen LogP contribution >= 0.6 is 0 Å². The zero-order valence-electron chi connectivity index (χ0n) is 14.9. The second-order valence-electron chi connectivity index (χ2n) is 7.74. The van der Waals surface area contributed by atoms with Crippen LogP contribution in [0.15, 0.2) is 30.3 Å². The van der Waals surface area contributed by atoms with Crippen molar-refractivity contribution in [1.29, 1.82) is 0 Å². The van der Waals surface area contributed by atoms with E-state index in [2.05, 4.69) is 35.2 Å². The lowest BCUT2D eigenvalue weighted by molar-refractivity contribution is -0.144. The Bertz CT molecular complexity index is 588. The molecule has 2 atom stereocenters. The van der Waals surface area contributed by atoms with E-state index in [1.165, 1.54) is 18.4 Å². The quantitative estimate of drug-likeness (QED) is 0.840. The van der Waals surface area contributed by atoms with Gasteiger partial charge in [-0.25, -0.2) is 0 Å². The summed E-state index contributed by atoms with van der Waals surface area (Å²) >= 11 is 0. The summed E-state index contributed by atoms with van der Waals surface area (Å²) < 4.78 is 11.4. The maximum Gasteiger partial charge on any atom is 0.251 e. The van der Waals surface area contributed by atoms with Crippen LogP contribution in [0.3, 0.4) is 0 Å². The SMILES string of the molecule is O=C([C@@H]1C[C@@]2(CCCN(Cc3ccccc3)C2)CO1)N1CCOCC1. The number of amides is 1. The molecule has 5 heteroatoms. The highest BCUT2D eigenvalue weighted by Crippen LogP contribution is 2.41. The number of ether oxygens (including phenoxy) is 2.